The van der Waals surface area contributed by atoms with Crippen LogP contribution in [0.1, 0.15) is 23.9 Å². The maximum absolute atomic E-state index is 4.43. The zero-order valence-electron chi connectivity index (χ0n) is 11.4. The quantitative estimate of drug-likeness (QED) is 0.777. The largest absolute Gasteiger partial charge is 0.304 e. The van der Waals surface area contributed by atoms with Crippen LogP contribution in [0, 0.1) is 13.8 Å². The fraction of sp³-hybridized carbons (Fsp3) is 0.643. The summed E-state index contributed by atoms with van der Waals surface area (Å²) in [5.74, 6) is 0. The highest BCUT2D eigenvalue weighted by molar-refractivity contribution is 5.20. The number of rotatable bonds is 2. The molecule has 17 heavy (non-hydrogen) atoms. The van der Waals surface area contributed by atoms with E-state index in [2.05, 4.69) is 54.7 Å². The number of hydrogen-bond acceptors (Lipinski definition) is 3. The van der Waals surface area contributed by atoms with E-state index in [1.807, 2.05) is 0 Å². The van der Waals surface area contributed by atoms with Crippen molar-refractivity contribution >= 4 is 0 Å². The second-order valence-electron chi connectivity index (χ2n) is 5.34. The monoisotopic (exact) mass is 233 g/mol. The first-order chi connectivity index (χ1) is 8.04. The molecule has 1 aromatic rings. The second-order valence-corrected chi connectivity index (χ2v) is 5.34. The van der Waals surface area contributed by atoms with Gasteiger partial charge in [0, 0.05) is 43.6 Å². The van der Waals surface area contributed by atoms with Gasteiger partial charge in [-0.25, -0.2) is 0 Å². The minimum Gasteiger partial charge on any atom is -0.304 e. The van der Waals surface area contributed by atoms with Gasteiger partial charge in [0.05, 0.1) is 0 Å². The van der Waals surface area contributed by atoms with E-state index in [1.54, 1.807) is 0 Å². The molecule has 0 amide bonds. The molecule has 1 fully saturated rings. The molecule has 94 valence electrons. The Morgan fingerprint density at radius 1 is 1.24 bits per heavy atom. The predicted molar refractivity (Wildman–Crippen MR) is 71.1 cm³/mol. The third-order valence-electron chi connectivity index (χ3n) is 3.50. The van der Waals surface area contributed by atoms with Crippen molar-refractivity contribution in [2.75, 3.05) is 26.7 Å². The van der Waals surface area contributed by atoms with Crippen LogP contribution in [0.25, 0.3) is 0 Å². The van der Waals surface area contributed by atoms with Gasteiger partial charge in [0.25, 0.3) is 0 Å². The molecule has 1 atom stereocenters. The van der Waals surface area contributed by atoms with Crippen molar-refractivity contribution in [2.45, 2.75) is 33.4 Å². The minimum absolute atomic E-state index is 0.641. The van der Waals surface area contributed by atoms with Crippen LogP contribution in [0.4, 0.5) is 0 Å². The maximum atomic E-state index is 4.43. The van der Waals surface area contributed by atoms with E-state index >= 15 is 0 Å². The fourth-order valence-electron chi connectivity index (χ4n) is 2.66. The van der Waals surface area contributed by atoms with Crippen LogP contribution in [0.5, 0.6) is 0 Å². The van der Waals surface area contributed by atoms with Crippen molar-refractivity contribution in [3.63, 3.8) is 0 Å². The lowest BCUT2D eigenvalue weighted by molar-refractivity contribution is 0.0938. The molecule has 0 spiro atoms. The molecule has 0 saturated carbocycles. The van der Waals surface area contributed by atoms with E-state index in [4.69, 9.17) is 0 Å². The van der Waals surface area contributed by atoms with Crippen molar-refractivity contribution in [1.82, 2.24) is 14.8 Å². The summed E-state index contributed by atoms with van der Waals surface area (Å²) < 4.78 is 0. The average molecular weight is 233 g/mol. The maximum Gasteiger partial charge on any atom is 0.0379 e. The van der Waals surface area contributed by atoms with Gasteiger partial charge in [-0.1, -0.05) is 0 Å². The van der Waals surface area contributed by atoms with Crippen LogP contribution in [0.2, 0.25) is 0 Å². The molecule has 0 aromatic carbocycles. The Morgan fingerprint density at radius 2 is 1.88 bits per heavy atom. The molecule has 1 saturated heterocycles. The van der Waals surface area contributed by atoms with Crippen LogP contribution in [0.15, 0.2) is 12.1 Å². The SMILES string of the molecule is Cc1cc(CN2CCN(C)C[C@@H]2C)cc(C)n1. The molecule has 0 unspecified atom stereocenters. The highest BCUT2D eigenvalue weighted by Gasteiger charge is 2.21. The Kier molecular flexibility index (Phi) is 3.79. The zero-order valence-corrected chi connectivity index (χ0v) is 11.4. The molecule has 2 rings (SSSR count). The Hall–Kier alpha value is -0.930. The van der Waals surface area contributed by atoms with Gasteiger partial charge in [-0.2, -0.15) is 0 Å². The molecule has 0 radical (unpaired) electrons. The molecular weight excluding hydrogens is 210 g/mol. The topological polar surface area (TPSA) is 19.4 Å². The lowest BCUT2D eigenvalue weighted by Gasteiger charge is -2.38. The van der Waals surface area contributed by atoms with Crippen LogP contribution in [0.3, 0.4) is 0 Å². The highest BCUT2D eigenvalue weighted by Crippen LogP contribution is 2.14. The molecule has 1 aromatic heterocycles. The van der Waals surface area contributed by atoms with Crippen LogP contribution in [-0.2, 0) is 6.54 Å². The van der Waals surface area contributed by atoms with Crippen molar-refractivity contribution in [3.8, 4) is 0 Å². The standard InChI is InChI=1S/C14H23N3/c1-11-7-14(8-12(2)15-11)10-17-6-5-16(4)9-13(17)3/h7-8,13H,5-6,9-10H2,1-4H3/t13-/m0/s1. The summed E-state index contributed by atoms with van der Waals surface area (Å²) in [4.78, 5) is 9.40. The summed E-state index contributed by atoms with van der Waals surface area (Å²) in [6, 6.07) is 5.05. The lowest BCUT2D eigenvalue weighted by Crippen LogP contribution is -2.49. The first kappa shape index (κ1) is 12.5. The number of aromatic nitrogens is 1. The molecule has 3 heteroatoms. The first-order valence-electron chi connectivity index (χ1n) is 6.41. The third kappa shape index (κ3) is 3.27. The van der Waals surface area contributed by atoms with Gasteiger partial charge in [0.1, 0.15) is 0 Å². The first-order valence-corrected chi connectivity index (χ1v) is 6.41. The molecule has 1 aliphatic heterocycles. The van der Waals surface area contributed by atoms with Gasteiger partial charge in [-0.15, -0.1) is 0 Å². The van der Waals surface area contributed by atoms with Gasteiger partial charge < -0.3 is 4.90 Å². The average Bonchev–Trinajstić information content (AvgIpc) is 2.21. The summed E-state index contributed by atoms with van der Waals surface area (Å²) in [6.45, 7) is 11.0. The van der Waals surface area contributed by atoms with E-state index in [9.17, 15) is 0 Å². The second kappa shape index (κ2) is 5.15. The molecule has 0 N–H and O–H groups in total. The van der Waals surface area contributed by atoms with Crippen LogP contribution >= 0.6 is 0 Å². The van der Waals surface area contributed by atoms with Crippen LogP contribution < -0.4 is 0 Å². The van der Waals surface area contributed by atoms with Crippen molar-refractivity contribution in [3.05, 3.63) is 29.1 Å². The fourth-order valence-corrected chi connectivity index (χ4v) is 2.66. The number of hydrogen-bond donors (Lipinski definition) is 0. The van der Waals surface area contributed by atoms with Crippen LogP contribution in [-0.4, -0.2) is 47.5 Å². The summed E-state index contributed by atoms with van der Waals surface area (Å²) in [6.07, 6.45) is 0. The smallest absolute Gasteiger partial charge is 0.0379 e. The van der Waals surface area contributed by atoms with Crippen molar-refractivity contribution in [1.29, 1.82) is 0 Å². The Bertz CT molecular complexity index is 369. The third-order valence-corrected chi connectivity index (χ3v) is 3.50. The van der Waals surface area contributed by atoms with Gasteiger partial charge in [-0.05, 0) is 45.5 Å². The van der Waals surface area contributed by atoms with Gasteiger partial charge >= 0.3 is 0 Å². The van der Waals surface area contributed by atoms with Crippen molar-refractivity contribution < 1.29 is 0 Å². The predicted octanol–water partition coefficient (Wildman–Crippen LogP) is 1.83. The Morgan fingerprint density at radius 3 is 2.47 bits per heavy atom. The van der Waals surface area contributed by atoms with E-state index < -0.39 is 0 Å². The minimum atomic E-state index is 0.641. The summed E-state index contributed by atoms with van der Waals surface area (Å²) in [7, 11) is 2.20. The lowest BCUT2D eigenvalue weighted by atomic mass is 10.1. The van der Waals surface area contributed by atoms with Gasteiger partial charge in [0.15, 0.2) is 0 Å². The van der Waals surface area contributed by atoms with Gasteiger partial charge in [-0.3, -0.25) is 9.88 Å². The van der Waals surface area contributed by atoms with E-state index in [1.165, 1.54) is 18.7 Å². The number of piperazine rings is 1. The molecule has 0 aliphatic carbocycles. The molecule has 2 heterocycles. The van der Waals surface area contributed by atoms with E-state index in [0.717, 1.165) is 24.5 Å². The van der Waals surface area contributed by atoms with E-state index in [0.29, 0.717) is 6.04 Å². The molecule has 3 nitrogen and oxygen atoms in total. The number of aryl methyl sites for hydroxylation is 2. The zero-order chi connectivity index (χ0) is 12.4. The van der Waals surface area contributed by atoms with E-state index in [-0.39, 0.29) is 0 Å². The number of pyridine rings is 1. The summed E-state index contributed by atoms with van der Waals surface area (Å²) in [5, 5.41) is 0. The summed E-state index contributed by atoms with van der Waals surface area (Å²) >= 11 is 0. The normalized spacial score (nSPS) is 22.9. The van der Waals surface area contributed by atoms with Crippen molar-refractivity contribution in [2.24, 2.45) is 0 Å². The van der Waals surface area contributed by atoms with Gasteiger partial charge in [0.2, 0.25) is 0 Å². The highest BCUT2D eigenvalue weighted by atomic mass is 15.3. The molecule has 1 aliphatic rings. The summed E-state index contributed by atoms with van der Waals surface area (Å²) in [5.41, 5.74) is 3.65. The molecular formula is C14H23N3. The Labute approximate surface area is 104 Å². The Balaban J connectivity index is 2.05. The number of nitrogens with zero attached hydrogens (tertiary/aromatic N) is 3. The molecule has 0 bridgehead atoms. The number of likely N-dealkylation sites (N-methyl/N-ethyl adjacent to an activating group) is 1.